The molecule has 0 bridgehead atoms. The Bertz CT molecular complexity index is 387. The molecule has 4 nitrogen and oxygen atoms in total. The van der Waals surface area contributed by atoms with Crippen LogP contribution in [0.5, 0.6) is 0 Å². The molecule has 19 heavy (non-hydrogen) atoms. The summed E-state index contributed by atoms with van der Waals surface area (Å²) in [6.45, 7) is 10.3. The number of nitrogens with one attached hydrogen (secondary N) is 1. The lowest BCUT2D eigenvalue weighted by Gasteiger charge is -2.35. The third-order valence-corrected chi connectivity index (χ3v) is 3.32. The molecule has 2 rings (SSSR count). The summed E-state index contributed by atoms with van der Waals surface area (Å²) in [6, 6.07) is 4.18. The molecule has 2 heterocycles. The third-order valence-electron chi connectivity index (χ3n) is 3.32. The first-order valence-corrected chi connectivity index (χ1v) is 7.24. The lowest BCUT2D eigenvalue weighted by molar-refractivity contribution is -0.0704. The molecule has 0 radical (unpaired) electrons. The van der Waals surface area contributed by atoms with Gasteiger partial charge in [0, 0.05) is 37.9 Å². The van der Waals surface area contributed by atoms with E-state index in [0.29, 0.717) is 12.2 Å². The fourth-order valence-corrected chi connectivity index (χ4v) is 2.62. The summed E-state index contributed by atoms with van der Waals surface area (Å²) >= 11 is 0. The van der Waals surface area contributed by atoms with Gasteiger partial charge in [0.15, 0.2) is 0 Å². The van der Waals surface area contributed by atoms with Crippen molar-refractivity contribution in [1.82, 2.24) is 9.88 Å². The van der Waals surface area contributed by atoms with Crippen molar-refractivity contribution in [2.24, 2.45) is 0 Å². The van der Waals surface area contributed by atoms with Crippen molar-refractivity contribution in [3.05, 3.63) is 23.9 Å². The maximum atomic E-state index is 5.78. The van der Waals surface area contributed by atoms with Gasteiger partial charge in [0.05, 0.1) is 12.2 Å². The van der Waals surface area contributed by atoms with E-state index in [4.69, 9.17) is 4.74 Å². The van der Waals surface area contributed by atoms with Crippen molar-refractivity contribution in [3.8, 4) is 0 Å². The fraction of sp³-hybridized carbons (Fsp3) is 0.667. The van der Waals surface area contributed by atoms with Gasteiger partial charge in [-0.05, 0) is 26.3 Å². The number of ether oxygens (including phenoxy) is 1. The standard InChI is InChI=1S/C15H25N3O/c1-4-7-16-15-14(6-5-8-17-15)11-18-9-12(2)19-13(3)10-18/h5-6,8,12-13H,4,7,9-11H2,1-3H3,(H,16,17)/t12-,13+. The zero-order chi connectivity index (χ0) is 13.7. The van der Waals surface area contributed by atoms with Gasteiger partial charge in [0.2, 0.25) is 0 Å². The minimum absolute atomic E-state index is 0.312. The Morgan fingerprint density at radius 2 is 2.11 bits per heavy atom. The van der Waals surface area contributed by atoms with Crippen LogP contribution in [-0.2, 0) is 11.3 Å². The molecular formula is C15H25N3O. The Balaban J connectivity index is 2.01. The first kappa shape index (κ1) is 14.3. The van der Waals surface area contributed by atoms with Gasteiger partial charge in [0.1, 0.15) is 5.82 Å². The zero-order valence-corrected chi connectivity index (χ0v) is 12.2. The maximum Gasteiger partial charge on any atom is 0.130 e. The van der Waals surface area contributed by atoms with Crippen molar-refractivity contribution >= 4 is 5.82 Å². The number of hydrogen-bond acceptors (Lipinski definition) is 4. The predicted octanol–water partition coefficient (Wildman–Crippen LogP) is 2.51. The lowest BCUT2D eigenvalue weighted by atomic mass is 10.2. The monoisotopic (exact) mass is 263 g/mol. The molecule has 1 fully saturated rings. The smallest absolute Gasteiger partial charge is 0.130 e. The average Bonchev–Trinajstić information content (AvgIpc) is 2.36. The largest absolute Gasteiger partial charge is 0.373 e. The molecule has 0 unspecified atom stereocenters. The number of pyridine rings is 1. The Labute approximate surface area is 116 Å². The minimum Gasteiger partial charge on any atom is -0.373 e. The van der Waals surface area contributed by atoms with E-state index in [0.717, 1.165) is 38.4 Å². The topological polar surface area (TPSA) is 37.4 Å². The number of anilines is 1. The molecule has 0 saturated carbocycles. The summed E-state index contributed by atoms with van der Waals surface area (Å²) in [5.41, 5.74) is 1.28. The van der Waals surface area contributed by atoms with Gasteiger partial charge in [-0.3, -0.25) is 4.90 Å². The highest BCUT2D eigenvalue weighted by Gasteiger charge is 2.22. The predicted molar refractivity (Wildman–Crippen MR) is 78.3 cm³/mol. The van der Waals surface area contributed by atoms with Crippen LogP contribution in [0.4, 0.5) is 5.82 Å². The van der Waals surface area contributed by atoms with Crippen LogP contribution in [0.1, 0.15) is 32.8 Å². The van der Waals surface area contributed by atoms with Crippen molar-refractivity contribution in [1.29, 1.82) is 0 Å². The quantitative estimate of drug-likeness (QED) is 0.885. The van der Waals surface area contributed by atoms with Crippen LogP contribution in [0.15, 0.2) is 18.3 Å². The van der Waals surface area contributed by atoms with Gasteiger partial charge < -0.3 is 10.1 Å². The average molecular weight is 263 g/mol. The fourth-order valence-electron chi connectivity index (χ4n) is 2.62. The normalized spacial score (nSPS) is 24.4. The molecule has 0 amide bonds. The minimum atomic E-state index is 0.312. The van der Waals surface area contributed by atoms with E-state index in [9.17, 15) is 0 Å². The number of rotatable bonds is 5. The van der Waals surface area contributed by atoms with E-state index in [1.807, 2.05) is 12.3 Å². The summed E-state index contributed by atoms with van der Waals surface area (Å²) in [6.07, 6.45) is 3.59. The molecule has 0 spiro atoms. The number of morpholine rings is 1. The molecule has 1 N–H and O–H groups in total. The zero-order valence-electron chi connectivity index (χ0n) is 12.2. The second-order valence-electron chi connectivity index (χ2n) is 5.39. The van der Waals surface area contributed by atoms with Crippen LogP contribution in [-0.4, -0.2) is 41.7 Å². The summed E-state index contributed by atoms with van der Waals surface area (Å²) in [7, 11) is 0. The van der Waals surface area contributed by atoms with Gasteiger partial charge in [-0.2, -0.15) is 0 Å². The SMILES string of the molecule is CCCNc1ncccc1CN1C[C@@H](C)O[C@@H](C)C1. The van der Waals surface area contributed by atoms with Crippen molar-refractivity contribution < 1.29 is 4.74 Å². The Hall–Kier alpha value is -1.13. The van der Waals surface area contributed by atoms with Crippen molar-refractivity contribution in [3.63, 3.8) is 0 Å². The van der Waals surface area contributed by atoms with Gasteiger partial charge in [0.25, 0.3) is 0 Å². The molecule has 0 aliphatic carbocycles. The summed E-state index contributed by atoms with van der Waals surface area (Å²) in [5, 5.41) is 3.41. The first-order chi connectivity index (χ1) is 9.19. The van der Waals surface area contributed by atoms with E-state index in [-0.39, 0.29) is 0 Å². The van der Waals surface area contributed by atoms with Crippen LogP contribution >= 0.6 is 0 Å². The van der Waals surface area contributed by atoms with E-state index in [1.165, 1.54) is 5.56 Å². The highest BCUT2D eigenvalue weighted by Crippen LogP contribution is 2.18. The number of hydrogen-bond donors (Lipinski definition) is 1. The van der Waals surface area contributed by atoms with Gasteiger partial charge in [-0.1, -0.05) is 13.0 Å². The van der Waals surface area contributed by atoms with E-state index in [1.54, 1.807) is 0 Å². The van der Waals surface area contributed by atoms with E-state index in [2.05, 4.69) is 42.0 Å². The molecular weight excluding hydrogens is 238 g/mol. The molecule has 1 aromatic heterocycles. The molecule has 1 aliphatic rings. The molecule has 1 aromatic rings. The summed E-state index contributed by atoms with van der Waals surface area (Å²) in [4.78, 5) is 6.90. The Morgan fingerprint density at radius 3 is 2.79 bits per heavy atom. The first-order valence-electron chi connectivity index (χ1n) is 7.24. The maximum absolute atomic E-state index is 5.78. The molecule has 4 heteroatoms. The van der Waals surface area contributed by atoms with Crippen LogP contribution in [0.25, 0.3) is 0 Å². The Kier molecular flexibility index (Phi) is 5.16. The highest BCUT2D eigenvalue weighted by molar-refractivity contribution is 5.43. The van der Waals surface area contributed by atoms with Gasteiger partial charge >= 0.3 is 0 Å². The van der Waals surface area contributed by atoms with Gasteiger partial charge in [-0.15, -0.1) is 0 Å². The number of nitrogens with zero attached hydrogens (tertiary/aromatic N) is 2. The van der Waals surface area contributed by atoms with E-state index >= 15 is 0 Å². The molecule has 1 aliphatic heterocycles. The van der Waals surface area contributed by atoms with Crippen LogP contribution in [0, 0.1) is 0 Å². The highest BCUT2D eigenvalue weighted by atomic mass is 16.5. The summed E-state index contributed by atoms with van der Waals surface area (Å²) < 4.78 is 5.78. The molecule has 0 aromatic carbocycles. The number of aromatic nitrogens is 1. The summed E-state index contributed by atoms with van der Waals surface area (Å²) in [5.74, 6) is 1.02. The third kappa shape index (κ3) is 4.18. The van der Waals surface area contributed by atoms with Crippen molar-refractivity contribution in [2.75, 3.05) is 25.0 Å². The molecule has 106 valence electrons. The second-order valence-corrected chi connectivity index (χ2v) is 5.39. The Morgan fingerprint density at radius 1 is 1.37 bits per heavy atom. The van der Waals surface area contributed by atoms with Crippen LogP contribution in [0.2, 0.25) is 0 Å². The van der Waals surface area contributed by atoms with Crippen LogP contribution < -0.4 is 5.32 Å². The lowest BCUT2D eigenvalue weighted by Crippen LogP contribution is -2.44. The van der Waals surface area contributed by atoms with E-state index < -0.39 is 0 Å². The second kappa shape index (κ2) is 6.87. The van der Waals surface area contributed by atoms with Crippen molar-refractivity contribution in [2.45, 2.75) is 45.9 Å². The molecule has 1 saturated heterocycles. The van der Waals surface area contributed by atoms with Crippen LogP contribution in [0.3, 0.4) is 0 Å². The van der Waals surface area contributed by atoms with Gasteiger partial charge in [-0.25, -0.2) is 4.98 Å². The molecule has 2 atom stereocenters.